The van der Waals surface area contributed by atoms with Crippen molar-refractivity contribution < 1.29 is 14.1 Å². The van der Waals surface area contributed by atoms with E-state index in [9.17, 15) is 14.5 Å². The van der Waals surface area contributed by atoms with Crippen LogP contribution in [0.15, 0.2) is 52.7 Å². The van der Waals surface area contributed by atoms with E-state index in [1.165, 1.54) is 18.0 Å². The van der Waals surface area contributed by atoms with Crippen LogP contribution < -0.4 is 10.5 Å². The van der Waals surface area contributed by atoms with Gasteiger partial charge < -0.3 is 10.5 Å². The Hall–Kier alpha value is -2.94. The fourth-order valence-corrected chi connectivity index (χ4v) is 2.54. The first-order chi connectivity index (χ1) is 12.0. The highest BCUT2D eigenvalue weighted by molar-refractivity contribution is 8.13. The number of thioether (sulfide) groups is 1. The highest BCUT2D eigenvalue weighted by Crippen LogP contribution is 2.30. The van der Waals surface area contributed by atoms with Crippen LogP contribution in [0, 0.1) is 15.9 Å². The number of nitrogens with zero attached hydrogens (tertiary/aromatic N) is 3. The lowest BCUT2D eigenvalue weighted by molar-refractivity contribution is -0.386. The minimum absolute atomic E-state index is 0.176. The number of halogens is 1. The van der Waals surface area contributed by atoms with Crippen LogP contribution >= 0.6 is 11.8 Å². The van der Waals surface area contributed by atoms with E-state index >= 15 is 0 Å². The summed E-state index contributed by atoms with van der Waals surface area (Å²) in [5.41, 5.74) is 6.51. The molecule has 0 saturated heterocycles. The molecule has 0 heterocycles. The predicted molar refractivity (Wildman–Crippen MR) is 96.6 cm³/mol. The van der Waals surface area contributed by atoms with Gasteiger partial charge in [0.15, 0.2) is 11.0 Å². The van der Waals surface area contributed by atoms with E-state index < -0.39 is 22.2 Å². The molecule has 0 radical (unpaired) electrons. The van der Waals surface area contributed by atoms with Crippen LogP contribution in [0.5, 0.6) is 5.75 Å². The van der Waals surface area contributed by atoms with Crippen LogP contribution in [0.3, 0.4) is 0 Å². The predicted octanol–water partition coefficient (Wildman–Crippen LogP) is 3.32. The topological polar surface area (TPSA) is 103 Å². The maximum absolute atomic E-state index is 13.8. The lowest BCUT2D eigenvalue weighted by atomic mass is 10.2. The number of nitro benzene ring substituents is 1. The molecule has 2 aromatic rings. The molecule has 130 valence electrons. The monoisotopic (exact) mass is 362 g/mol. The molecule has 0 aromatic heterocycles. The molecule has 0 unspecified atom stereocenters. The fourth-order valence-electron chi connectivity index (χ4n) is 1.92. The van der Waals surface area contributed by atoms with Crippen molar-refractivity contribution in [3.63, 3.8) is 0 Å². The minimum atomic E-state index is -0.853. The van der Waals surface area contributed by atoms with E-state index in [1.54, 1.807) is 0 Å². The summed E-state index contributed by atoms with van der Waals surface area (Å²) < 4.78 is 18.5. The molecule has 0 aliphatic carbocycles. The maximum atomic E-state index is 13.8. The molecule has 9 heteroatoms. The van der Waals surface area contributed by atoms with Crippen molar-refractivity contribution in [2.24, 2.45) is 15.9 Å². The van der Waals surface area contributed by atoms with Crippen LogP contribution in [0.4, 0.5) is 10.1 Å². The summed E-state index contributed by atoms with van der Waals surface area (Å²) in [5.74, 6) is -0.647. The van der Waals surface area contributed by atoms with Crippen LogP contribution in [0.1, 0.15) is 11.1 Å². The van der Waals surface area contributed by atoms with Gasteiger partial charge in [-0.15, -0.1) is 5.10 Å². The van der Waals surface area contributed by atoms with E-state index in [0.29, 0.717) is 5.75 Å². The number of amidine groups is 1. The Balaban J connectivity index is 2.06. The highest BCUT2D eigenvalue weighted by Gasteiger charge is 2.20. The Morgan fingerprint density at radius 3 is 2.76 bits per heavy atom. The number of hydrogen-bond acceptors (Lipinski definition) is 6. The summed E-state index contributed by atoms with van der Waals surface area (Å²) in [6.07, 6.45) is 1.19. The number of methoxy groups -OCH3 is 1. The number of nitro groups is 1. The average molecular weight is 362 g/mol. The molecular formula is C16H15FN4O3S. The van der Waals surface area contributed by atoms with Crippen LogP contribution in [0.2, 0.25) is 0 Å². The molecule has 0 aliphatic heterocycles. The summed E-state index contributed by atoms with van der Waals surface area (Å²) in [6, 6.07) is 11.9. The minimum Gasteiger partial charge on any atom is -0.488 e. The molecule has 2 rings (SSSR count). The second-order valence-corrected chi connectivity index (χ2v) is 5.76. The summed E-state index contributed by atoms with van der Waals surface area (Å²) in [5, 5.41) is 18.7. The normalized spacial score (nSPS) is 11.7. The van der Waals surface area contributed by atoms with Crippen molar-refractivity contribution in [2.75, 3.05) is 7.11 Å². The molecule has 0 amide bonds. The standard InChI is InChI=1S/C16H15FN4O3S/c1-24-15-13(17)7-12(8-14(15)21(22)23)9-19-20-16(18)25-10-11-5-3-2-4-6-11/h2-9H,10H2,1H3,(H2,18,20). The Morgan fingerprint density at radius 2 is 2.12 bits per heavy atom. The molecule has 0 atom stereocenters. The van der Waals surface area contributed by atoms with Gasteiger partial charge in [0.1, 0.15) is 0 Å². The van der Waals surface area contributed by atoms with Crippen molar-refractivity contribution in [1.82, 2.24) is 0 Å². The van der Waals surface area contributed by atoms with E-state index in [4.69, 9.17) is 10.5 Å². The smallest absolute Gasteiger partial charge is 0.314 e. The van der Waals surface area contributed by atoms with Gasteiger partial charge in [0.2, 0.25) is 5.75 Å². The number of benzene rings is 2. The Morgan fingerprint density at radius 1 is 1.40 bits per heavy atom. The van der Waals surface area contributed by atoms with E-state index in [2.05, 4.69) is 10.2 Å². The second kappa shape index (κ2) is 8.78. The summed E-state index contributed by atoms with van der Waals surface area (Å²) >= 11 is 1.29. The molecule has 2 N–H and O–H groups in total. The zero-order valence-corrected chi connectivity index (χ0v) is 14.1. The first kappa shape index (κ1) is 18.4. The van der Waals surface area contributed by atoms with Crippen molar-refractivity contribution in [3.8, 4) is 5.75 Å². The van der Waals surface area contributed by atoms with E-state index in [1.807, 2.05) is 30.3 Å². The molecule has 0 saturated carbocycles. The molecule has 0 fully saturated rings. The molecule has 0 spiro atoms. The van der Waals surface area contributed by atoms with Gasteiger partial charge in [-0.05, 0) is 11.6 Å². The molecule has 25 heavy (non-hydrogen) atoms. The lowest BCUT2D eigenvalue weighted by Crippen LogP contribution is -2.06. The van der Waals surface area contributed by atoms with Crippen LogP contribution in [-0.4, -0.2) is 23.4 Å². The summed E-state index contributed by atoms with van der Waals surface area (Å²) in [4.78, 5) is 10.2. The van der Waals surface area contributed by atoms with Crippen molar-refractivity contribution in [2.45, 2.75) is 5.75 Å². The zero-order chi connectivity index (χ0) is 18.2. The average Bonchev–Trinajstić information content (AvgIpc) is 2.60. The summed E-state index contributed by atoms with van der Waals surface area (Å²) in [7, 11) is 1.16. The number of rotatable bonds is 6. The Kier molecular flexibility index (Phi) is 6.47. The Bertz CT molecular complexity index is 813. The fraction of sp³-hybridized carbons (Fsp3) is 0.125. The second-order valence-electron chi connectivity index (χ2n) is 4.77. The molecule has 0 bridgehead atoms. The number of ether oxygens (including phenoxy) is 1. The van der Waals surface area contributed by atoms with Gasteiger partial charge in [0.05, 0.1) is 18.2 Å². The molecule has 7 nitrogen and oxygen atoms in total. The lowest BCUT2D eigenvalue weighted by Gasteiger charge is -2.03. The molecule has 0 aliphatic rings. The first-order valence-corrected chi connectivity index (χ1v) is 8.05. The Labute approximate surface area is 147 Å². The first-order valence-electron chi connectivity index (χ1n) is 7.06. The third kappa shape index (κ3) is 5.28. The number of nitrogens with two attached hydrogens (primary N) is 1. The van der Waals surface area contributed by atoms with Gasteiger partial charge in [-0.25, -0.2) is 4.39 Å². The van der Waals surface area contributed by atoms with Crippen molar-refractivity contribution >= 4 is 28.8 Å². The quantitative estimate of drug-likeness (QED) is 0.367. The van der Waals surface area contributed by atoms with Crippen LogP contribution in [0.25, 0.3) is 0 Å². The van der Waals surface area contributed by atoms with Gasteiger partial charge in [0, 0.05) is 17.4 Å². The third-order valence-corrected chi connectivity index (χ3v) is 3.89. The maximum Gasteiger partial charge on any atom is 0.314 e. The largest absolute Gasteiger partial charge is 0.488 e. The molecule has 2 aromatic carbocycles. The van der Waals surface area contributed by atoms with Crippen molar-refractivity contribution in [3.05, 3.63) is 69.5 Å². The zero-order valence-electron chi connectivity index (χ0n) is 13.3. The van der Waals surface area contributed by atoms with Gasteiger partial charge in [-0.1, -0.05) is 42.1 Å². The van der Waals surface area contributed by atoms with Gasteiger partial charge in [-0.2, -0.15) is 5.10 Å². The van der Waals surface area contributed by atoms with E-state index in [-0.39, 0.29) is 10.7 Å². The van der Waals surface area contributed by atoms with Gasteiger partial charge in [-0.3, -0.25) is 10.1 Å². The van der Waals surface area contributed by atoms with Gasteiger partial charge >= 0.3 is 5.69 Å². The summed E-state index contributed by atoms with van der Waals surface area (Å²) in [6.45, 7) is 0. The highest BCUT2D eigenvalue weighted by atomic mass is 32.2. The van der Waals surface area contributed by atoms with E-state index in [0.717, 1.165) is 24.8 Å². The van der Waals surface area contributed by atoms with Gasteiger partial charge in [0.25, 0.3) is 0 Å². The molecular weight excluding hydrogens is 347 g/mol. The van der Waals surface area contributed by atoms with Crippen LogP contribution in [-0.2, 0) is 5.75 Å². The SMILES string of the molecule is COc1c(F)cc(C=NN=C(N)SCc2ccccc2)cc1[N+](=O)[O-]. The third-order valence-electron chi connectivity index (χ3n) is 3.04. The van der Waals surface area contributed by atoms with Crippen molar-refractivity contribution in [1.29, 1.82) is 0 Å². The number of hydrogen-bond donors (Lipinski definition) is 1.